The van der Waals surface area contributed by atoms with Gasteiger partial charge < -0.3 is 10.6 Å². The molecular weight excluding hydrogens is 380 g/mol. The van der Waals surface area contributed by atoms with Crippen LogP contribution in [-0.4, -0.2) is 53.5 Å². The molecular formula is C23H32N4OS. The summed E-state index contributed by atoms with van der Waals surface area (Å²) in [6.45, 7) is 3.67. The van der Waals surface area contributed by atoms with Crippen molar-refractivity contribution in [1.82, 2.24) is 15.5 Å². The van der Waals surface area contributed by atoms with E-state index in [0.717, 1.165) is 31.2 Å². The van der Waals surface area contributed by atoms with E-state index in [1.807, 2.05) is 30.3 Å². The molecule has 1 aliphatic heterocycles. The SMILES string of the molecule is CN=C(NCCS(=O)Cc1ccccc1)NCC1CCCN1Cc1ccccc1. The second kappa shape index (κ2) is 11.7. The van der Waals surface area contributed by atoms with Crippen molar-refractivity contribution in [3.05, 3.63) is 71.8 Å². The lowest BCUT2D eigenvalue weighted by atomic mass is 10.2. The van der Waals surface area contributed by atoms with Gasteiger partial charge in [-0.15, -0.1) is 0 Å². The maximum Gasteiger partial charge on any atom is 0.191 e. The monoisotopic (exact) mass is 412 g/mol. The highest BCUT2D eigenvalue weighted by Crippen LogP contribution is 2.19. The Morgan fingerprint density at radius 3 is 2.45 bits per heavy atom. The standard InChI is InChI=1S/C23H32N4OS/c1-24-23(25-14-16-29(28)19-21-11-6-3-7-12-21)26-17-22-13-8-15-27(22)18-20-9-4-2-5-10-20/h2-7,9-12,22H,8,13-19H2,1H3,(H2,24,25,26). The molecule has 1 heterocycles. The van der Waals surface area contributed by atoms with Crippen molar-refractivity contribution in [1.29, 1.82) is 0 Å². The Labute approximate surface area is 177 Å². The molecule has 0 spiro atoms. The molecule has 2 aromatic rings. The number of hydrogen-bond acceptors (Lipinski definition) is 3. The molecule has 2 aromatic carbocycles. The fourth-order valence-corrected chi connectivity index (χ4v) is 4.74. The zero-order valence-corrected chi connectivity index (χ0v) is 18.0. The minimum Gasteiger partial charge on any atom is -0.355 e. The lowest BCUT2D eigenvalue weighted by Gasteiger charge is -2.25. The Balaban J connectivity index is 1.38. The van der Waals surface area contributed by atoms with Gasteiger partial charge in [-0.3, -0.25) is 14.1 Å². The lowest BCUT2D eigenvalue weighted by molar-refractivity contribution is 0.245. The zero-order chi connectivity index (χ0) is 20.3. The summed E-state index contributed by atoms with van der Waals surface area (Å²) in [4.78, 5) is 6.86. The zero-order valence-electron chi connectivity index (χ0n) is 17.2. The molecule has 0 aromatic heterocycles. The van der Waals surface area contributed by atoms with Crippen LogP contribution in [0.3, 0.4) is 0 Å². The predicted molar refractivity (Wildman–Crippen MR) is 122 cm³/mol. The first-order valence-corrected chi connectivity index (χ1v) is 11.8. The Morgan fingerprint density at radius 2 is 1.76 bits per heavy atom. The van der Waals surface area contributed by atoms with Gasteiger partial charge in [-0.1, -0.05) is 60.7 Å². The molecule has 2 N–H and O–H groups in total. The van der Waals surface area contributed by atoms with E-state index in [9.17, 15) is 4.21 Å². The molecule has 0 amide bonds. The second-order valence-electron chi connectivity index (χ2n) is 7.41. The van der Waals surface area contributed by atoms with E-state index in [-0.39, 0.29) is 0 Å². The van der Waals surface area contributed by atoms with Crippen LogP contribution in [0.15, 0.2) is 65.7 Å². The van der Waals surface area contributed by atoms with Crippen LogP contribution in [-0.2, 0) is 23.1 Å². The van der Waals surface area contributed by atoms with Gasteiger partial charge in [-0.2, -0.15) is 0 Å². The number of nitrogens with zero attached hydrogens (tertiary/aromatic N) is 2. The van der Waals surface area contributed by atoms with E-state index in [1.54, 1.807) is 7.05 Å². The van der Waals surface area contributed by atoms with Crippen molar-refractivity contribution in [2.75, 3.05) is 32.4 Å². The number of rotatable bonds is 9. The van der Waals surface area contributed by atoms with Gasteiger partial charge in [0, 0.05) is 55.0 Å². The summed E-state index contributed by atoms with van der Waals surface area (Å²) in [5.74, 6) is 2.00. The minimum absolute atomic E-state index is 0.515. The molecule has 156 valence electrons. The Kier molecular flexibility index (Phi) is 8.71. The van der Waals surface area contributed by atoms with E-state index in [0.29, 0.717) is 24.1 Å². The first kappa shape index (κ1) is 21.5. The summed E-state index contributed by atoms with van der Waals surface area (Å²) in [7, 11) is 0.907. The van der Waals surface area contributed by atoms with Crippen LogP contribution in [0, 0.1) is 0 Å². The molecule has 1 fully saturated rings. The molecule has 0 bridgehead atoms. The van der Waals surface area contributed by atoms with Crippen LogP contribution in [0.25, 0.3) is 0 Å². The maximum absolute atomic E-state index is 12.3. The third kappa shape index (κ3) is 7.29. The van der Waals surface area contributed by atoms with Crippen molar-refractivity contribution in [2.24, 2.45) is 4.99 Å². The van der Waals surface area contributed by atoms with E-state index in [1.165, 1.54) is 18.4 Å². The summed E-state index contributed by atoms with van der Waals surface area (Å²) in [5.41, 5.74) is 2.48. The molecule has 1 aliphatic rings. The van der Waals surface area contributed by atoms with Crippen molar-refractivity contribution in [3.63, 3.8) is 0 Å². The summed E-state index contributed by atoms with van der Waals surface area (Å²) >= 11 is 0. The Bertz CT molecular complexity index is 782. The Morgan fingerprint density at radius 1 is 1.07 bits per heavy atom. The smallest absolute Gasteiger partial charge is 0.191 e. The van der Waals surface area contributed by atoms with Gasteiger partial charge in [0.25, 0.3) is 0 Å². The van der Waals surface area contributed by atoms with Gasteiger partial charge in [0.2, 0.25) is 0 Å². The number of benzene rings is 2. The average molecular weight is 413 g/mol. The minimum atomic E-state index is -0.877. The van der Waals surface area contributed by atoms with Crippen LogP contribution in [0.2, 0.25) is 0 Å². The van der Waals surface area contributed by atoms with Crippen molar-refractivity contribution in [3.8, 4) is 0 Å². The number of aliphatic imine (C=N–C) groups is 1. The Hall–Kier alpha value is -2.18. The largest absolute Gasteiger partial charge is 0.355 e. The quantitative estimate of drug-likeness (QED) is 0.491. The summed E-state index contributed by atoms with van der Waals surface area (Å²) in [6, 6.07) is 21.2. The van der Waals surface area contributed by atoms with Crippen LogP contribution >= 0.6 is 0 Å². The first-order valence-electron chi connectivity index (χ1n) is 10.4. The molecule has 29 heavy (non-hydrogen) atoms. The fraction of sp³-hybridized carbons (Fsp3) is 0.435. The van der Waals surface area contributed by atoms with Crippen molar-refractivity contribution < 1.29 is 4.21 Å². The molecule has 0 saturated carbocycles. The molecule has 5 nitrogen and oxygen atoms in total. The van der Waals surface area contributed by atoms with Gasteiger partial charge in [0.15, 0.2) is 5.96 Å². The van der Waals surface area contributed by atoms with Crippen LogP contribution in [0.5, 0.6) is 0 Å². The average Bonchev–Trinajstić information content (AvgIpc) is 3.19. The third-order valence-corrected chi connectivity index (χ3v) is 6.56. The lowest BCUT2D eigenvalue weighted by Crippen LogP contribution is -2.45. The number of nitrogens with one attached hydrogen (secondary N) is 2. The van der Waals surface area contributed by atoms with E-state index < -0.39 is 10.8 Å². The second-order valence-corrected chi connectivity index (χ2v) is 8.98. The summed E-state index contributed by atoms with van der Waals surface area (Å²) < 4.78 is 12.3. The van der Waals surface area contributed by atoms with Crippen LogP contribution < -0.4 is 10.6 Å². The topological polar surface area (TPSA) is 56.7 Å². The molecule has 2 atom stereocenters. The van der Waals surface area contributed by atoms with E-state index in [4.69, 9.17) is 0 Å². The van der Waals surface area contributed by atoms with Crippen LogP contribution in [0.1, 0.15) is 24.0 Å². The van der Waals surface area contributed by atoms with Crippen molar-refractivity contribution in [2.45, 2.75) is 31.2 Å². The van der Waals surface area contributed by atoms with Gasteiger partial charge in [0.05, 0.1) is 0 Å². The fourth-order valence-electron chi connectivity index (χ4n) is 3.70. The van der Waals surface area contributed by atoms with Gasteiger partial charge in [-0.25, -0.2) is 0 Å². The molecule has 2 unspecified atom stereocenters. The summed E-state index contributed by atoms with van der Waals surface area (Å²) in [5, 5.41) is 6.75. The van der Waals surface area contributed by atoms with Crippen molar-refractivity contribution >= 4 is 16.8 Å². The highest BCUT2D eigenvalue weighted by atomic mass is 32.2. The highest BCUT2D eigenvalue weighted by Gasteiger charge is 2.24. The molecule has 3 rings (SSSR count). The third-order valence-electron chi connectivity index (χ3n) is 5.25. The van der Waals surface area contributed by atoms with Gasteiger partial charge >= 0.3 is 0 Å². The van der Waals surface area contributed by atoms with Crippen LogP contribution in [0.4, 0.5) is 0 Å². The highest BCUT2D eigenvalue weighted by molar-refractivity contribution is 7.84. The number of hydrogen-bond donors (Lipinski definition) is 2. The normalized spacial score (nSPS) is 18.5. The van der Waals surface area contributed by atoms with Gasteiger partial charge in [-0.05, 0) is 30.5 Å². The van der Waals surface area contributed by atoms with E-state index in [2.05, 4.69) is 50.9 Å². The molecule has 6 heteroatoms. The maximum atomic E-state index is 12.3. The summed E-state index contributed by atoms with van der Waals surface area (Å²) in [6.07, 6.45) is 2.45. The molecule has 0 radical (unpaired) electrons. The molecule has 0 aliphatic carbocycles. The van der Waals surface area contributed by atoms with Gasteiger partial charge in [0.1, 0.15) is 0 Å². The first-order chi connectivity index (χ1) is 14.2. The number of likely N-dealkylation sites (tertiary alicyclic amines) is 1. The molecule has 1 saturated heterocycles. The number of guanidine groups is 1. The predicted octanol–water partition coefficient (Wildman–Crippen LogP) is 2.76. The van der Waals surface area contributed by atoms with E-state index >= 15 is 0 Å².